The fourth-order valence-corrected chi connectivity index (χ4v) is 3.44. The normalized spacial score (nSPS) is 11.0. The van der Waals surface area contributed by atoms with Crippen molar-refractivity contribution in [2.24, 2.45) is 0 Å². The van der Waals surface area contributed by atoms with Gasteiger partial charge in [-0.05, 0) is 48.5 Å². The average Bonchev–Trinajstić information content (AvgIpc) is 2.64. The lowest BCUT2D eigenvalue weighted by Gasteiger charge is -2.13. The SMILES string of the molecule is O=C(Nc1ccccc1O)c1ccccc1NS(=O)(=O)c1ccc(F)cc1. The van der Waals surface area contributed by atoms with Gasteiger partial charge < -0.3 is 10.4 Å². The second-order valence-corrected chi connectivity index (χ2v) is 7.26. The summed E-state index contributed by atoms with van der Waals surface area (Å²) in [6, 6.07) is 16.5. The summed E-state index contributed by atoms with van der Waals surface area (Å²) in [5, 5.41) is 12.3. The maximum Gasteiger partial charge on any atom is 0.261 e. The Morgan fingerprint density at radius 3 is 2.11 bits per heavy atom. The van der Waals surface area contributed by atoms with Crippen LogP contribution in [0.25, 0.3) is 0 Å². The van der Waals surface area contributed by atoms with Crippen molar-refractivity contribution in [3.63, 3.8) is 0 Å². The molecule has 0 aliphatic rings. The number of anilines is 2. The second kappa shape index (κ2) is 7.46. The van der Waals surface area contributed by atoms with Crippen molar-refractivity contribution in [1.29, 1.82) is 0 Å². The van der Waals surface area contributed by atoms with E-state index < -0.39 is 21.7 Å². The molecule has 3 N–H and O–H groups in total. The largest absolute Gasteiger partial charge is 0.506 e. The lowest BCUT2D eigenvalue weighted by molar-refractivity contribution is 0.102. The van der Waals surface area contributed by atoms with E-state index in [1.807, 2.05) is 0 Å². The Morgan fingerprint density at radius 1 is 0.852 bits per heavy atom. The van der Waals surface area contributed by atoms with Crippen molar-refractivity contribution in [2.75, 3.05) is 10.0 Å². The van der Waals surface area contributed by atoms with E-state index in [0.717, 1.165) is 24.3 Å². The fraction of sp³-hybridized carbons (Fsp3) is 0. The molecule has 6 nitrogen and oxygen atoms in total. The Balaban J connectivity index is 1.89. The number of amides is 1. The molecule has 138 valence electrons. The van der Waals surface area contributed by atoms with Crippen LogP contribution in [0.15, 0.2) is 77.7 Å². The standard InChI is InChI=1S/C19H15FN2O4S/c20-13-9-11-14(12-10-13)27(25,26)22-16-6-2-1-5-15(16)19(24)21-17-7-3-4-8-18(17)23/h1-12,22-23H,(H,21,24). The second-order valence-electron chi connectivity index (χ2n) is 5.58. The van der Waals surface area contributed by atoms with E-state index in [2.05, 4.69) is 10.0 Å². The molecule has 0 bridgehead atoms. The number of carbonyl (C=O) groups excluding carboxylic acids is 1. The first-order chi connectivity index (χ1) is 12.9. The van der Waals surface area contributed by atoms with Gasteiger partial charge in [0.15, 0.2) is 0 Å². The minimum Gasteiger partial charge on any atom is -0.506 e. The Kier molecular flexibility index (Phi) is 5.09. The van der Waals surface area contributed by atoms with E-state index in [1.165, 1.54) is 24.3 Å². The summed E-state index contributed by atoms with van der Waals surface area (Å²) in [5.41, 5.74) is 0.305. The minimum absolute atomic E-state index is 0.0507. The molecule has 0 heterocycles. The number of hydrogen-bond acceptors (Lipinski definition) is 4. The molecule has 0 unspecified atom stereocenters. The number of rotatable bonds is 5. The van der Waals surface area contributed by atoms with Gasteiger partial charge in [-0.3, -0.25) is 9.52 Å². The molecule has 0 aliphatic heterocycles. The minimum atomic E-state index is -4.01. The number of para-hydroxylation sites is 3. The van der Waals surface area contributed by atoms with Crippen LogP contribution in [0.4, 0.5) is 15.8 Å². The number of aromatic hydroxyl groups is 1. The van der Waals surface area contributed by atoms with Crippen LogP contribution in [0.3, 0.4) is 0 Å². The summed E-state index contributed by atoms with van der Waals surface area (Å²) in [6.45, 7) is 0. The average molecular weight is 386 g/mol. The van der Waals surface area contributed by atoms with Crippen LogP contribution in [-0.2, 0) is 10.0 Å². The summed E-state index contributed by atoms with van der Waals surface area (Å²) in [6.07, 6.45) is 0. The molecule has 0 spiro atoms. The van der Waals surface area contributed by atoms with E-state index in [-0.39, 0.29) is 27.6 Å². The van der Waals surface area contributed by atoms with Gasteiger partial charge in [0, 0.05) is 0 Å². The van der Waals surface area contributed by atoms with Gasteiger partial charge in [-0.25, -0.2) is 12.8 Å². The van der Waals surface area contributed by atoms with E-state index in [9.17, 15) is 22.7 Å². The zero-order valence-electron chi connectivity index (χ0n) is 13.9. The zero-order chi connectivity index (χ0) is 19.4. The summed E-state index contributed by atoms with van der Waals surface area (Å²) >= 11 is 0. The van der Waals surface area contributed by atoms with Crippen LogP contribution in [0.2, 0.25) is 0 Å². The summed E-state index contributed by atoms with van der Waals surface area (Å²) < 4.78 is 40.3. The topological polar surface area (TPSA) is 95.5 Å². The molecule has 0 atom stereocenters. The van der Waals surface area contributed by atoms with E-state index in [4.69, 9.17) is 0 Å². The number of hydrogen-bond donors (Lipinski definition) is 3. The molecule has 0 radical (unpaired) electrons. The van der Waals surface area contributed by atoms with Crippen molar-refractivity contribution in [3.8, 4) is 5.75 Å². The van der Waals surface area contributed by atoms with Crippen molar-refractivity contribution in [3.05, 3.63) is 84.2 Å². The molecule has 0 fully saturated rings. The molecule has 3 aromatic rings. The number of phenols is 1. The van der Waals surface area contributed by atoms with Crippen molar-refractivity contribution in [1.82, 2.24) is 0 Å². The van der Waals surface area contributed by atoms with Crippen molar-refractivity contribution >= 4 is 27.3 Å². The van der Waals surface area contributed by atoms with E-state index in [0.29, 0.717) is 0 Å². The number of halogens is 1. The summed E-state index contributed by atoms with van der Waals surface area (Å²) in [4.78, 5) is 12.4. The summed E-state index contributed by atoms with van der Waals surface area (Å²) in [7, 11) is -4.01. The van der Waals surface area contributed by atoms with Gasteiger partial charge in [-0.2, -0.15) is 0 Å². The number of benzene rings is 3. The Hall–Kier alpha value is -3.39. The predicted molar refractivity (Wildman–Crippen MR) is 99.7 cm³/mol. The zero-order valence-corrected chi connectivity index (χ0v) is 14.7. The van der Waals surface area contributed by atoms with Gasteiger partial charge in [-0.1, -0.05) is 24.3 Å². The Morgan fingerprint density at radius 2 is 1.44 bits per heavy atom. The predicted octanol–water partition coefficient (Wildman–Crippen LogP) is 3.58. The summed E-state index contributed by atoms with van der Waals surface area (Å²) in [5.74, 6) is -1.28. The number of sulfonamides is 1. The third-order valence-electron chi connectivity index (χ3n) is 3.69. The fourth-order valence-electron chi connectivity index (χ4n) is 2.36. The highest BCUT2D eigenvalue weighted by Gasteiger charge is 2.19. The van der Waals surface area contributed by atoms with Gasteiger partial charge in [0.05, 0.1) is 21.8 Å². The van der Waals surface area contributed by atoms with Gasteiger partial charge in [-0.15, -0.1) is 0 Å². The Bertz CT molecular complexity index is 1080. The lowest BCUT2D eigenvalue weighted by Crippen LogP contribution is -2.18. The highest BCUT2D eigenvalue weighted by Crippen LogP contribution is 2.25. The molecule has 3 rings (SSSR count). The van der Waals surface area contributed by atoms with Crippen LogP contribution in [0, 0.1) is 5.82 Å². The molecular weight excluding hydrogens is 371 g/mol. The van der Waals surface area contributed by atoms with Crippen molar-refractivity contribution in [2.45, 2.75) is 4.90 Å². The van der Waals surface area contributed by atoms with Gasteiger partial charge in [0.1, 0.15) is 11.6 Å². The molecule has 0 aromatic heterocycles. The first-order valence-electron chi connectivity index (χ1n) is 7.83. The molecular formula is C19H15FN2O4S. The molecule has 27 heavy (non-hydrogen) atoms. The van der Waals surface area contributed by atoms with Crippen LogP contribution >= 0.6 is 0 Å². The third-order valence-corrected chi connectivity index (χ3v) is 5.07. The van der Waals surface area contributed by atoms with Gasteiger partial charge in [0.2, 0.25) is 0 Å². The number of nitrogens with one attached hydrogen (secondary N) is 2. The van der Waals surface area contributed by atoms with Crippen LogP contribution < -0.4 is 10.0 Å². The molecule has 1 amide bonds. The van der Waals surface area contributed by atoms with Crippen molar-refractivity contribution < 1.29 is 22.7 Å². The molecule has 0 aliphatic carbocycles. The van der Waals surface area contributed by atoms with Crippen LogP contribution in [0.1, 0.15) is 10.4 Å². The molecule has 8 heteroatoms. The number of phenolic OH excluding ortho intramolecular Hbond substituents is 1. The van der Waals surface area contributed by atoms with E-state index in [1.54, 1.807) is 24.3 Å². The molecule has 3 aromatic carbocycles. The maximum atomic E-state index is 13.0. The molecule has 0 saturated carbocycles. The van der Waals surface area contributed by atoms with E-state index >= 15 is 0 Å². The first-order valence-corrected chi connectivity index (χ1v) is 9.32. The molecule has 0 saturated heterocycles. The highest BCUT2D eigenvalue weighted by molar-refractivity contribution is 7.92. The Labute approximate surface area is 155 Å². The van der Waals surface area contributed by atoms with Crippen LogP contribution in [0.5, 0.6) is 5.75 Å². The van der Waals surface area contributed by atoms with Gasteiger partial charge in [0.25, 0.3) is 15.9 Å². The van der Waals surface area contributed by atoms with Crippen LogP contribution in [-0.4, -0.2) is 19.4 Å². The monoisotopic (exact) mass is 386 g/mol. The quantitative estimate of drug-likeness (QED) is 0.584. The first kappa shape index (κ1) is 18.4. The van der Waals surface area contributed by atoms with Gasteiger partial charge >= 0.3 is 0 Å². The number of carbonyl (C=O) groups is 1. The third kappa shape index (κ3) is 4.24. The maximum absolute atomic E-state index is 13.0. The lowest BCUT2D eigenvalue weighted by atomic mass is 10.1. The highest BCUT2D eigenvalue weighted by atomic mass is 32.2. The smallest absolute Gasteiger partial charge is 0.261 e.